The Morgan fingerprint density at radius 1 is 1.53 bits per heavy atom. The molecule has 0 aliphatic carbocycles. The quantitative estimate of drug-likeness (QED) is 0.806. The molecule has 0 heterocycles. The summed E-state index contributed by atoms with van der Waals surface area (Å²) in [5, 5.41) is 12.6. The van der Waals surface area contributed by atoms with Crippen molar-refractivity contribution in [2.24, 2.45) is 0 Å². The fourth-order valence-corrected chi connectivity index (χ4v) is 1.25. The normalized spacial score (nSPS) is 12.5. The van der Waals surface area contributed by atoms with Crippen molar-refractivity contribution in [3.05, 3.63) is 28.8 Å². The molecule has 2 N–H and O–H groups in total. The van der Waals surface area contributed by atoms with Gasteiger partial charge < -0.3 is 15.2 Å². The average Bonchev–Trinajstić information content (AvgIpc) is 2.24. The fraction of sp³-hybridized carbons (Fsp3) is 0.455. The van der Waals surface area contributed by atoms with Crippen molar-refractivity contribution >= 4 is 11.6 Å². The predicted molar refractivity (Wildman–Crippen MR) is 61.6 cm³/mol. The van der Waals surface area contributed by atoms with Crippen molar-refractivity contribution < 1.29 is 9.84 Å². The first-order valence-electron chi connectivity index (χ1n) is 4.84. The van der Waals surface area contributed by atoms with Crippen LogP contribution >= 0.6 is 11.6 Å². The van der Waals surface area contributed by atoms with E-state index in [1.165, 1.54) is 0 Å². The molecule has 1 atom stereocenters. The summed E-state index contributed by atoms with van der Waals surface area (Å²) in [6.07, 6.45) is 0. The van der Waals surface area contributed by atoms with Crippen LogP contribution in [0, 0.1) is 6.92 Å². The van der Waals surface area contributed by atoms with E-state index in [0.29, 0.717) is 6.61 Å². The van der Waals surface area contributed by atoms with Gasteiger partial charge in [-0.2, -0.15) is 0 Å². The molecule has 3 nitrogen and oxygen atoms in total. The lowest BCUT2D eigenvalue weighted by atomic mass is 10.2. The topological polar surface area (TPSA) is 41.5 Å². The second-order valence-corrected chi connectivity index (χ2v) is 3.80. The minimum Gasteiger partial charge on any atom is -0.492 e. The molecule has 1 rings (SSSR count). The molecule has 84 valence electrons. The number of hydrogen-bond acceptors (Lipinski definition) is 3. The van der Waals surface area contributed by atoms with Gasteiger partial charge in [-0.1, -0.05) is 11.6 Å². The summed E-state index contributed by atoms with van der Waals surface area (Å²) in [4.78, 5) is 0. The number of benzene rings is 1. The molecular formula is C11H16ClNO2. The van der Waals surface area contributed by atoms with E-state index in [1.807, 2.05) is 19.1 Å². The maximum atomic E-state index is 8.94. The van der Waals surface area contributed by atoms with Gasteiger partial charge in [0.05, 0.1) is 12.6 Å². The van der Waals surface area contributed by atoms with Gasteiger partial charge in [0.25, 0.3) is 0 Å². The number of aliphatic hydroxyl groups is 1. The van der Waals surface area contributed by atoms with E-state index in [2.05, 4.69) is 5.32 Å². The highest BCUT2D eigenvalue weighted by Gasteiger charge is 2.05. The van der Waals surface area contributed by atoms with Gasteiger partial charge in [-0.25, -0.2) is 0 Å². The molecule has 1 unspecified atom stereocenters. The molecule has 1 aromatic carbocycles. The molecule has 0 spiro atoms. The SMILES string of the molecule is CNC(CO)COc1ccc(Cl)c(C)c1. The highest BCUT2D eigenvalue weighted by atomic mass is 35.5. The van der Waals surface area contributed by atoms with Crippen LogP contribution < -0.4 is 10.1 Å². The summed E-state index contributed by atoms with van der Waals surface area (Å²) in [7, 11) is 1.79. The largest absolute Gasteiger partial charge is 0.492 e. The van der Waals surface area contributed by atoms with Gasteiger partial charge in [0.2, 0.25) is 0 Å². The van der Waals surface area contributed by atoms with Gasteiger partial charge in [0.15, 0.2) is 0 Å². The maximum Gasteiger partial charge on any atom is 0.119 e. The van der Waals surface area contributed by atoms with Crippen LogP contribution in [0.15, 0.2) is 18.2 Å². The van der Waals surface area contributed by atoms with Crippen LogP contribution in [-0.2, 0) is 0 Å². The zero-order valence-corrected chi connectivity index (χ0v) is 9.71. The van der Waals surface area contributed by atoms with E-state index in [9.17, 15) is 0 Å². The third kappa shape index (κ3) is 3.70. The number of rotatable bonds is 5. The van der Waals surface area contributed by atoms with Gasteiger partial charge in [0.1, 0.15) is 12.4 Å². The number of nitrogens with one attached hydrogen (secondary N) is 1. The first-order chi connectivity index (χ1) is 7.17. The molecule has 0 saturated carbocycles. The third-order valence-corrected chi connectivity index (χ3v) is 2.63. The molecule has 0 bridgehead atoms. The Labute approximate surface area is 95.0 Å². The molecule has 0 aliphatic heterocycles. The highest BCUT2D eigenvalue weighted by molar-refractivity contribution is 6.31. The summed E-state index contributed by atoms with van der Waals surface area (Å²) >= 11 is 5.89. The molecule has 4 heteroatoms. The van der Waals surface area contributed by atoms with Crippen molar-refractivity contribution in [2.75, 3.05) is 20.3 Å². The highest BCUT2D eigenvalue weighted by Crippen LogP contribution is 2.20. The number of likely N-dealkylation sites (N-methyl/N-ethyl adjacent to an activating group) is 1. The van der Waals surface area contributed by atoms with Crippen LogP contribution in [0.2, 0.25) is 5.02 Å². The van der Waals surface area contributed by atoms with E-state index in [1.54, 1.807) is 13.1 Å². The minimum absolute atomic E-state index is 0.0408. The second-order valence-electron chi connectivity index (χ2n) is 3.39. The van der Waals surface area contributed by atoms with E-state index < -0.39 is 0 Å². The van der Waals surface area contributed by atoms with E-state index in [0.717, 1.165) is 16.3 Å². The summed E-state index contributed by atoms with van der Waals surface area (Å²) in [5.41, 5.74) is 0.985. The van der Waals surface area contributed by atoms with Crippen LogP contribution in [0.25, 0.3) is 0 Å². The molecule has 0 amide bonds. The van der Waals surface area contributed by atoms with Crippen molar-refractivity contribution in [1.82, 2.24) is 5.32 Å². The van der Waals surface area contributed by atoms with Crippen molar-refractivity contribution in [2.45, 2.75) is 13.0 Å². The number of aryl methyl sites for hydroxylation is 1. The summed E-state index contributed by atoms with van der Waals surface area (Å²) in [6.45, 7) is 2.42. The minimum atomic E-state index is -0.0408. The van der Waals surface area contributed by atoms with Crippen molar-refractivity contribution in [3.8, 4) is 5.75 Å². The molecule has 0 fully saturated rings. The number of hydrogen-bond donors (Lipinski definition) is 2. The first-order valence-corrected chi connectivity index (χ1v) is 5.22. The average molecular weight is 230 g/mol. The first kappa shape index (κ1) is 12.3. The zero-order valence-electron chi connectivity index (χ0n) is 8.96. The zero-order chi connectivity index (χ0) is 11.3. The number of aliphatic hydroxyl groups excluding tert-OH is 1. The lowest BCUT2D eigenvalue weighted by Gasteiger charge is -2.14. The Bertz CT molecular complexity index is 313. The van der Waals surface area contributed by atoms with Crippen LogP contribution in [0.3, 0.4) is 0 Å². The molecule has 0 aliphatic rings. The Balaban J connectivity index is 2.54. The molecular weight excluding hydrogens is 214 g/mol. The number of halogens is 1. The Morgan fingerprint density at radius 3 is 2.80 bits per heavy atom. The van der Waals surface area contributed by atoms with E-state index >= 15 is 0 Å². The van der Waals surface area contributed by atoms with E-state index in [4.69, 9.17) is 21.4 Å². The smallest absolute Gasteiger partial charge is 0.119 e. The van der Waals surface area contributed by atoms with Crippen molar-refractivity contribution in [3.63, 3.8) is 0 Å². The molecule has 1 aromatic rings. The third-order valence-electron chi connectivity index (χ3n) is 2.21. The van der Waals surface area contributed by atoms with Gasteiger partial charge in [-0.3, -0.25) is 0 Å². The van der Waals surface area contributed by atoms with E-state index in [-0.39, 0.29) is 12.6 Å². The fourth-order valence-electron chi connectivity index (χ4n) is 1.13. The predicted octanol–water partition coefficient (Wildman–Crippen LogP) is 1.61. The number of ether oxygens (including phenoxy) is 1. The summed E-state index contributed by atoms with van der Waals surface area (Å²) in [5.74, 6) is 0.769. The van der Waals surface area contributed by atoms with Crippen LogP contribution in [0.4, 0.5) is 0 Å². The van der Waals surface area contributed by atoms with Crippen molar-refractivity contribution in [1.29, 1.82) is 0 Å². The lowest BCUT2D eigenvalue weighted by Crippen LogP contribution is -2.34. The Hall–Kier alpha value is -0.770. The van der Waals surface area contributed by atoms with Crippen LogP contribution in [0.1, 0.15) is 5.56 Å². The maximum absolute atomic E-state index is 8.94. The van der Waals surface area contributed by atoms with Gasteiger partial charge >= 0.3 is 0 Å². The van der Waals surface area contributed by atoms with Gasteiger partial charge in [-0.05, 0) is 37.7 Å². The summed E-state index contributed by atoms with van der Waals surface area (Å²) < 4.78 is 5.50. The molecule has 15 heavy (non-hydrogen) atoms. The molecule has 0 radical (unpaired) electrons. The molecule has 0 aromatic heterocycles. The lowest BCUT2D eigenvalue weighted by molar-refractivity contribution is 0.189. The standard InChI is InChI=1S/C11H16ClNO2/c1-8-5-10(3-4-11(8)12)15-7-9(6-14)13-2/h3-5,9,13-14H,6-7H2,1-2H3. The summed E-state index contributed by atoms with van der Waals surface area (Å²) in [6, 6.07) is 5.46. The van der Waals surface area contributed by atoms with Crippen LogP contribution in [-0.4, -0.2) is 31.4 Å². The second kappa shape index (κ2) is 5.95. The van der Waals surface area contributed by atoms with Gasteiger partial charge in [-0.15, -0.1) is 0 Å². The molecule has 0 saturated heterocycles. The Kier molecular flexibility index (Phi) is 4.88. The van der Waals surface area contributed by atoms with Crippen LogP contribution in [0.5, 0.6) is 5.75 Å². The monoisotopic (exact) mass is 229 g/mol. The van der Waals surface area contributed by atoms with Gasteiger partial charge in [0, 0.05) is 5.02 Å². The Morgan fingerprint density at radius 2 is 2.27 bits per heavy atom.